The molecular weight excluding hydrogens is 594 g/mol. The van der Waals surface area contributed by atoms with Crippen molar-refractivity contribution in [3.63, 3.8) is 0 Å². The second kappa shape index (κ2) is 12.0. The van der Waals surface area contributed by atoms with E-state index in [4.69, 9.17) is 11.6 Å². The van der Waals surface area contributed by atoms with Crippen LogP contribution in [0.5, 0.6) is 0 Å². The van der Waals surface area contributed by atoms with Crippen LogP contribution in [0.4, 0.5) is 5.82 Å². The summed E-state index contributed by atoms with van der Waals surface area (Å²) in [4.78, 5) is 54.0. The number of aromatic nitrogens is 6. The van der Waals surface area contributed by atoms with Crippen LogP contribution in [-0.4, -0.2) is 41.0 Å². The Morgan fingerprint density at radius 3 is 2.52 bits per heavy atom. The average Bonchev–Trinajstić information content (AvgIpc) is 3.79. The summed E-state index contributed by atoms with van der Waals surface area (Å²) in [5.41, 5.74) is 1.51. The van der Waals surface area contributed by atoms with Crippen LogP contribution in [0.15, 0.2) is 95.8 Å². The molecule has 0 spiro atoms. The fourth-order valence-electron chi connectivity index (χ4n) is 4.31. The molecule has 42 heavy (non-hydrogen) atoms. The van der Waals surface area contributed by atoms with Gasteiger partial charge in [-0.3, -0.25) is 23.9 Å². The molecule has 6 aromatic heterocycles. The van der Waals surface area contributed by atoms with Crippen molar-refractivity contribution in [2.24, 2.45) is 0 Å². The number of Topliss-reactive ketones (excluding diaryl/α,β-unsaturated/α-hetero) is 1. The van der Waals surface area contributed by atoms with Gasteiger partial charge in [0.2, 0.25) is 5.78 Å². The van der Waals surface area contributed by atoms with Crippen LogP contribution < -0.4 is 10.9 Å². The van der Waals surface area contributed by atoms with Gasteiger partial charge in [-0.1, -0.05) is 17.7 Å². The van der Waals surface area contributed by atoms with Gasteiger partial charge in [0.05, 0.1) is 28.0 Å². The Labute approximate surface area is 251 Å². The molecule has 10 nitrogen and oxygen atoms in total. The number of carbonyl (C=O) groups is 2. The zero-order chi connectivity index (χ0) is 29.1. The minimum Gasteiger partial charge on any atom is -0.365 e. The summed E-state index contributed by atoms with van der Waals surface area (Å²) in [6, 6.07) is 17.2. The van der Waals surface area contributed by atoms with Crippen LogP contribution in [0.25, 0.3) is 22.5 Å². The minimum absolute atomic E-state index is 0.174. The number of rotatable bonds is 9. The van der Waals surface area contributed by atoms with E-state index in [1.165, 1.54) is 50.5 Å². The number of thiophene rings is 2. The monoisotopic (exact) mass is 613 g/mol. The Kier molecular flexibility index (Phi) is 7.82. The smallest absolute Gasteiger partial charge is 0.290 e. The Balaban J connectivity index is 1.46. The standard InChI is InChI=1S/C29H20ClN7O3S2/c30-26-6-3-19(42-26)15-33-27-14-22(35-37(27)29(40)25-2-1-13-41-25)23-5-4-20(18-7-10-31-11-8-18)28(39)36(23)16-24(38)21-9-12-32-17-34-21/h1-14,17,33H,15-16H2. The number of hydrogen-bond donors (Lipinski definition) is 1. The van der Waals surface area contributed by atoms with Crippen molar-refractivity contribution in [2.75, 3.05) is 5.32 Å². The topological polar surface area (TPSA) is 125 Å². The maximum atomic E-state index is 13.9. The second-order valence-corrected chi connectivity index (χ2v) is 11.7. The second-order valence-electron chi connectivity index (χ2n) is 8.95. The Hall–Kier alpha value is -4.78. The minimum atomic E-state index is -0.400. The molecule has 0 radical (unpaired) electrons. The first-order valence-electron chi connectivity index (χ1n) is 12.6. The van der Waals surface area contributed by atoms with E-state index in [2.05, 4.69) is 25.4 Å². The van der Waals surface area contributed by atoms with E-state index < -0.39 is 5.56 Å². The summed E-state index contributed by atoms with van der Waals surface area (Å²) in [6.45, 7) is 0.104. The number of nitrogens with zero attached hydrogens (tertiary/aromatic N) is 6. The van der Waals surface area contributed by atoms with Gasteiger partial charge in [-0.15, -0.1) is 22.7 Å². The Morgan fingerprint density at radius 1 is 0.976 bits per heavy atom. The third-order valence-corrected chi connectivity index (χ3v) is 8.39. The highest BCUT2D eigenvalue weighted by Crippen LogP contribution is 2.27. The van der Waals surface area contributed by atoms with E-state index in [-0.39, 0.29) is 23.9 Å². The molecule has 0 aliphatic heterocycles. The molecule has 6 aromatic rings. The number of nitrogens with one attached hydrogen (secondary N) is 1. The molecule has 0 bridgehead atoms. The summed E-state index contributed by atoms with van der Waals surface area (Å²) in [6.07, 6.45) is 5.93. The van der Waals surface area contributed by atoms with Gasteiger partial charge in [-0.2, -0.15) is 9.78 Å². The summed E-state index contributed by atoms with van der Waals surface area (Å²) in [7, 11) is 0. The van der Waals surface area contributed by atoms with Crippen LogP contribution in [-0.2, 0) is 13.1 Å². The number of hydrogen-bond acceptors (Lipinski definition) is 10. The summed E-state index contributed by atoms with van der Waals surface area (Å²) >= 11 is 8.82. The van der Waals surface area contributed by atoms with Gasteiger partial charge in [0, 0.05) is 35.1 Å². The first kappa shape index (κ1) is 27.4. The van der Waals surface area contributed by atoms with Gasteiger partial charge in [-0.05, 0) is 59.5 Å². The Morgan fingerprint density at radius 2 is 1.81 bits per heavy atom. The molecule has 0 aromatic carbocycles. The van der Waals surface area contributed by atoms with Crippen LogP contribution in [0.3, 0.4) is 0 Å². The van der Waals surface area contributed by atoms with Crippen molar-refractivity contribution in [3.8, 4) is 22.5 Å². The van der Waals surface area contributed by atoms with Crippen molar-refractivity contribution in [3.05, 3.63) is 121 Å². The third-order valence-electron chi connectivity index (χ3n) is 6.30. The number of halogens is 1. The lowest BCUT2D eigenvalue weighted by molar-refractivity contribution is 0.0947. The lowest BCUT2D eigenvalue weighted by Crippen LogP contribution is -2.27. The zero-order valence-corrected chi connectivity index (χ0v) is 24.1. The molecule has 0 aliphatic carbocycles. The molecule has 6 heterocycles. The van der Waals surface area contributed by atoms with Crippen molar-refractivity contribution in [1.29, 1.82) is 0 Å². The predicted octanol–water partition coefficient (Wildman–Crippen LogP) is 5.52. The van der Waals surface area contributed by atoms with Gasteiger partial charge >= 0.3 is 0 Å². The van der Waals surface area contributed by atoms with E-state index in [0.717, 1.165) is 4.88 Å². The zero-order valence-electron chi connectivity index (χ0n) is 21.7. The molecule has 0 atom stereocenters. The molecular formula is C29H20ClN7O3S2. The Bertz CT molecular complexity index is 1940. The average molecular weight is 614 g/mol. The number of ketones is 1. The fraction of sp³-hybridized carbons (Fsp3) is 0.0690. The lowest BCUT2D eigenvalue weighted by Gasteiger charge is -2.13. The van der Waals surface area contributed by atoms with Gasteiger partial charge in [0.25, 0.3) is 11.5 Å². The van der Waals surface area contributed by atoms with Gasteiger partial charge in [0.15, 0.2) is 0 Å². The molecule has 208 valence electrons. The van der Waals surface area contributed by atoms with Crippen LogP contribution >= 0.6 is 34.3 Å². The normalized spacial score (nSPS) is 11.0. The van der Waals surface area contributed by atoms with E-state index in [0.29, 0.717) is 44.1 Å². The molecule has 0 aliphatic rings. The van der Waals surface area contributed by atoms with E-state index in [9.17, 15) is 14.4 Å². The molecule has 0 saturated heterocycles. The highest BCUT2D eigenvalue weighted by molar-refractivity contribution is 7.16. The third kappa shape index (κ3) is 5.68. The SMILES string of the molecule is O=C(Cn1c(-c2cc(NCc3ccc(Cl)s3)n(C(=O)c3cccs3)n2)ccc(-c2ccncc2)c1=O)c1ccncn1. The maximum absolute atomic E-state index is 13.9. The van der Waals surface area contributed by atoms with E-state index in [1.807, 2.05) is 11.4 Å². The number of carbonyl (C=O) groups excluding carboxylic acids is 2. The van der Waals surface area contributed by atoms with Crippen LogP contribution in [0, 0.1) is 0 Å². The molecule has 0 fully saturated rings. The molecule has 0 amide bonds. The predicted molar refractivity (Wildman–Crippen MR) is 162 cm³/mol. The highest BCUT2D eigenvalue weighted by atomic mass is 35.5. The molecule has 13 heteroatoms. The van der Waals surface area contributed by atoms with Crippen LogP contribution in [0.2, 0.25) is 4.34 Å². The number of anilines is 1. The van der Waals surface area contributed by atoms with Crippen LogP contribution in [0.1, 0.15) is 25.0 Å². The molecule has 6 rings (SSSR count). The highest BCUT2D eigenvalue weighted by Gasteiger charge is 2.22. The first-order valence-corrected chi connectivity index (χ1v) is 14.7. The quantitative estimate of drug-likeness (QED) is 0.211. The lowest BCUT2D eigenvalue weighted by atomic mass is 10.1. The summed E-state index contributed by atoms with van der Waals surface area (Å²) in [5.74, 6) is -0.288. The largest absolute Gasteiger partial charge is 0.365 e. The van der Waals surface area contributed by atoms with E-state index >= 15 is 0 Å². The van der Waals surface area contributed by atoms with Crippen molar-refractivity contribution in [1.82, 2.24) is 29.3 Å². The number of pyridine rings is 2. The van der Waals surface area contributed by atoms with Gasteiger partial charge in [0.1, 0.15) is 23.5 Å². The van der Waals surface area contributed by atoms with E-state index in [1.54, 1.807) is 60.9 Å². The van der Waals surface area contributed by atoms with Gasteiger partial charge in [-0.25, -0.2) is 9.97 Å². The first-order chi connectivity index (χ1) is 20.5. The van der Waals surface area contributed by atoms with Gasteiger partial charge < -0.3 is 5.32 Å². The summed E-state index contributed by atoms with van der Waals surface area (Å²) in [5, 5.41) is 9.70. The molecule has 0 saturated carbocycles. The maximum Gasteiger partial charge on any atom is 0.290 e. The van der Waals surface area contributed by atoms with Crippen molar-refractivity contribution >= 4 is 51.8 Å². The van der Waals surface area contributed by atoms with Crippen molar-refractivity contribution < 1.29 is 9.59 Å². The molecule has 0 unspecified atom stereocenters. The fourth-order valence-corrected chi connectivity index (χ4v) is 5.98. The van der Waals surface area contributed by atoms with Crippen molar-refractivity contribution in [2.45, 2.75) is 13.1 Å². The molecule has 1 N–H and O–H groups in total. The summed E-state index contributed by atoms with van der Waals surface area (Å²) < 4.78 is 3.28.